The van der Waals surface area contributed by atoms with E-state index in [0.717, 1.165) is 49.0 Å². The Labute approximate surface area is 302 Å². The van der Waals surface area contributed by atoms with Crippen molar-refractivity contribution in [1.82, 2.24) is 35.1 Å². The number of ether oxygens (including phenoxy) is 2. The van der Waals surface area contributed by atoms with Crippen molar-refractivity contribution in [2.75, 3.05) is 41.4 Å². The third-order valence-corrected chi connectivity index (χ3v) is 10.2. The van der Waals surface area contributed by atoms with Crippen LogP contribution in [0.1, 0.15) is 43.5 Å². The third-order valence-electron chi connectivity index (χ3n) is 9.34. The van der Waals surface area contributed by atoms with E-state index in [2.05, 4.69) is 15.2 Å². The number of hydrogen-bond acceptors (Lipinski definition) is 9. The molecule has 11 nitrogen and oxygen atoms in total. The van der Waals surface area contributed by atoms with Gasteiger partial charge >= 0.3 is 0 Å². The number of amides is 2. The van der Waals surface area contributed by atoms with Crippen molar-refractivity contribution in [1.29, 1.82) is 0 Å². The first-order chi connectivity index (χ1) is 24.2. The second kappa shape index (κ2) is 15.7. The highest BCUT2D eigenvalue weighted by Gasteiger charge is 2.30. The normalized spacial score (nSPS) is 17.5. The largest absolute Gasteiger partial charge is 0.480 e. The quantitative estimate of drug-likeness (QED) is 0.185. The van der Waals surface area contributed by atoms with Gasteiger partial charge in [0.2, 0.25) is 23.6 Å². The molecule has 0 spiro atoms. The predicted molar refractivity (Wildman–Crippen MR) is 193 cm³/mol. The maximum absolute atomic E-state index is 12.5. The van der Waals surface area contributed by atoms with Gasteiger partial charge in [0.1, 0.15) is 11.4 Å². The molecule has 2 aliphatic rings. The third kappa shape index (κ3) is 7.70. The Kier molecular flexibility index (Phi) is 11.2. The number of rotatable bonds is 12. The highest BCUT2D eigenvalue weighted by molar-refractivity contribution is 6.39. The summed E-state index contributed by atoms with van der Waals surface area (Å²) in [5.74, 6) is 1.10. The molecule has 2 saturated heterocycles. The molecule has 4 heterocycles. The SMILES string of the molecule is COc1nc(-c2cccc(-c3cccc(-c4cnc(CN5CCC(C(=O)N(C)C)C5)c(OC)n4)c3Cl)c2Cl)cnc1CCC[C@@H]1CCC(=O)N1. The molecular formula is C37H41Cl2N7O4. The van der Waals surface area contributed by atoms with Gasteiger partial charge in [-0.1, -0.05) is 59.6 Å². The van der Waals surface area contributed by atoms with Crippen LogP contribution in [-0.4, -0.2) is 89.0 Å². The van der Waals surface area contributed by atoms with Gasteiger partial charge in [0, 0.05) is 61.9 Å². The first-order valence-corrected chi connectivity index (χ1v) is 17.5. The van der Waals surface area contributed by atoms with E-state index >= 15 is 0 Å². The van der Waals surface area contributed by atoms with Crippen molar-refractivity contribution < 1.29 is 19.1 Å². The van der Waals surface area contributed by atoms with Crippen molar-refractivity contribution in [2.24, 2.45) is 5.92 Å². The van der Waals surface area contributed by atoms with E-state index in [1.807, 2.05) is 36.4 Å². The number of aromatic nitrogens is 4. The number of carbonyl (C=O) groups is 2. The van der Waals surface area contributed by atoms with Crippen molar-refractivity contribution in [3.05, 3.63) is 70.2 Å². The van der Waals surface area contributed by atoms with Gasteiger partial charge in [0.25, 0.3) is 0 Å². The van der Waals surface area contributed by atoms with Gasteiger partial charge in [-0.2, -0.15) is 0 Å². The van der Waals surface area contributed by atoms with Crippen LogP contribution in [0.25, 0.3) is 33.6 Å². The second-order valence-corrected chi connectivity index (χ2v) is 13.7. The van der Waals surface area contributed by atoms with Crippen LogP contribution < -0.4 is 14.8 Å². The summed E-state index contributed by atoms with van der Waals surface area (Å²) in [4.78, 5) is 46.8. The summed E-state index contributed by atoms with van der Waals surface area (Å²) in [6.45, 7) is 2.00. The zero-order valence-electron chi connectivity index (χ0n) is 28.7. The van der Waals surface area contributed by atoms with E-state index < -0.39 is 0 Å². The number of likely N-dealkylation sites (tertiary alicyclic amines) is 1. The molecular weight excluding hydrogens is 677 g/mol. The molecule has 2 aromatic carbocycles. The Balaban J connectivity index is 1.21. The van der Waals surface area contributed by atoms with Crippen LogP contribution in [0.15, 0.2) is 48.8 Å². The molecule has 4 aromatic rings. The van der Waals surface area contributed by atoms with Gasteiger partial charge in [-0.3, -0.25) is 24.5 Å². The fourth-order valence-electron chi connectivity index (χ4n) is 6.70. The number of aryl methyl sites for hydroxylation is 1. The molecule has 262 valence electrons. The first-order valence-electron chi connectivity index (χ1n) is 16.8. The predicted octanol–water partition coefficient (Wildman–Crippen LogP) is 6.10. The fraction of sp³-hybridized carbons (Fsp3) is 0.405. The van der Waals surface area contributed by atoms with E-state index in [9.17, 15) is 9.59 Å². The van der Waals surface area contributed by atoms with E-state index in [1.54, 1.807) is 45.6 Å². The monoisotopic (exact) mass is 717 g/mol. The standard InChI is InChI=1S/C37H41Cl2N7O4/c1-45(2)37(48)22-16-17-46(20-22)21-31-36(50-4)44-30(19-41-31)27-12-7-10-25(34(27)39)24-9-6-11-26(33(24)38)29-18-40-28(35(43-29)49-3)13-5-8-23-14-15-32(47)42-23/h6-7,9-12,18-19,22-23H,5,8,13-17,20-21H2,1-4H3,(H,42,47)/t22?,23-/m1/s1. The van der Waals surface area contributed by atoms with Gasteiger partial charge in [-0.05, 0) is 38.6 Å². The lowest BCUT2D eigenvalue weighted by molar-refractivity contribution is -0.132. The minimum atomic E-state index is -0.0210. The summed E-state index contributed by atoms with van der Waals surface area (Å²) >= 11 is 14.2. The van der Waals surface area contributed by atoms with Crippen molar-refractivity contribution in [3.8, 4) is 45.4 Å². The number of methoxy groups -OCH3 is 2. The van der Waals surface area contributed by atoms with Crippen LogP contribution in [0.4, 0.5) is 0 Å². The van der Waals surface area contributed by atoms with Gasteiger partial charge in [0.15, 0.2) is 0 Å². The first kappa shape index (κ1) is 35.5. The average molecular weight is 719 g/mol. The molecule has 0 bridgehead atoms. The Morgan fingerprint density at radius 2 is 1.48 bits per heavy atom. The van der Waals surface area contributed by atoms with Crippen LogP contribution in [-0.2, 0) is 22.6 Å². The zero-order chi connectivity index (χ0) is 35.4. The molecule has 1 N–H and O–H groups in total. The Bertz CT molecular complexity index is 1890. The molecule has 2 fully saturated rings. The zero-order valence-corrected chi connectivity index (χ0v) is 30.2. The highest BCUT2D eigenvalue weighted by Crippen LogP contribution is 2.42. The van der Waals surface area contributed by atoms with Gasteiger partial charge in [0.05, 0.1) is 54.0 Å². The number of carbonyl (C=O) groups excluding carboxylic acids is 2. The Morgan fingerprint density at radius 1 is 0.900 bits per heavy atom. The fourth-order valence-corrected chi connectivity index (χ4v) is 7.35. The molecule has 0 aliphatic carbocycles. The van der Waals surface area contributed by atoms with Crippen LogP contribution in [0.2, 0.25) is 10.0 Å². The maximum Gasteiger partial charge on any atom is 0.237 e. The van der Waals surface area contributed by atoms with Crippen LogP contribution in [0.3, 0.4) is 0 Å². The minimum absolute atomic E-state index is 0.0210. The highest BCUT2D eigenvalue weighted by atomic mass is 35.5. The lowest BCUT2D eigenvalue weighted by Gasteiger charge is -2.19. The van der Waals surface area contributed by atoms with Gasteiger partial charge in [-0.25, -0.2) is 9.97 Å². The van der Waals surface area contributed by atoms with Crippen LogP contribution in [0.5, 0.6) is 11.8 Å². The second-order valence-electron chi connectivity index (χ2n) is 12.9. The van der Waals surface area contributed by atoms with Gasteiger partial charge in [-0.15, -0.1) is 0 Å². The maximum atomic E-state index is 12.5. The molecule has 2 aliphatic heterocycles. The van der Waals surface area contributed by atoms with Crippen LogP contribution in [0, 0.1) is 5.92 Å². The van der Waals surface area contributed by atoms with Crippen molar-refractivity contribution >= 4 is 35.0 Å². The smallest absolute Gasteiger partial charge is 0.237 e. The average Bonchev–Trinajstić information content (AvgIpc) is 3.77. The van der Waals surface area contributed by atoms with E-state index in [1.165, 1.54) is 0 Å². The molecule has 0 saturated carbocycles. The molecule has 13 heteroatoms. The van der Waals surface area contributed by atoms with Crippen LogP contribution >= 0.6 is 23.2 Å². The molecule has 2 atom stereocenters. The topological polar surface area (TPSA) is 123 Å². The number of halogens is 2. The number of hydrogen-bond donors (Lipinski definition) is 1. The van der Waals surface area contributed by atoms with Gasteiger partial charge < -0.3 is 19.7 Å². The molecule has 0 radical (unpaired) electrons. The number of nitrogens with zero attached hydrogens (tertiary/aromatic N) is 6. The summed E-state index contributed by atoms with van der Waals surface area (Å²) in [5, 5.41) is 3.96. The Hall–Kier alpha value is -4.32. The number of benzene rings is 2. The summed E-state index contributed by atoms with van der Waals surface area (Å²) in [5.41, 5.74) is 5.43. The van der Waals surface area contributed by atoms with Crippen molar-refractivity contribution in [2.45, 2.75) is 51.1 Å². The Morgan fingerprint density at radius 3 is 2.04 bits per heavy atom. The summed E-state index contributed by atoms with van der Waals surface area (Å²) in [6, 6.07) is 11.6. The van der Waals surface area contributed by atoms with E-state index in [0.29, 0.717) is 75.9 Å². The number of nitrogens with one attached hydrogen (secondary N) is 1. The molecule has 2 amide bonds. The molecule has 1 unspecified atom stereocenters. The summed E-state index contributed by atoms with van der Waals surface area (Å²) < 4.78 is 11.3. The molecule has 2 aromatic heterocycles. The minimum Gasteiger partial charge on any atom is -0.480 e. The van der Waals surface area contributed by atoms with E-state index in [-0.39, 0.29) is 23.8 Å². The van der Waals surface area contributed by atoms with Crippen molar-refractivity contribution in [3.63, 3.8) is 0 Å². The molecule has 6 rings (SSSR count). The lowest BCUT2D eigenvalue weighted by atomic mass is 9.98. The summed E-state index contributed by atoms with van der Waals surface area (Å²) in [6.07, 6.45) is 8.12. The molecule has 50 heavy (non-hydrogen) atoms. The lowest BCUT2D eigenvalue weighted by Crippen LogP contribution is -2.31. The summed E-state index contributed by atoms with van der Waals surface area (Å²) in [7, 11) is 6.73. The van der Waals surface area contributed by atoms with E-state index in [4.69, 9.17) is 47.6 Å².